The van der Waals surface area contributed by atoms with Crippen LogP contribution in [0.3, 0.4) is 0 Å². The number of aryl methyl sites for hydroxylation is 1. The van der Waals surface area contributed by atoms with E-state index in [1.807, 2.05) is 26.0 Å². The van der Waals surface area contributed by atoms with Gasteiger partial charge >= 0.3 is 0 Å². The molecule has 0 aliphatic carbocycles. The quantitative estimate of drug-likeness (QED) is 0.572. The molecule has 0 spiro atoms. The summed E-state index contributed by atoms with van der Waals surface area (Å²) in [7, 11) is -2.19. The maximum Gasteiger partial charge on any atom is 0.264 e. The predicted molar refractivity (Wildman–Crippen MR) is 123 cm³/mol. The Morgan fingerprint density at radius 1 is 0.968 bits per heavy atom. The van der Waals surface area contributed by atoms with E-state index < -0.39 is 10.0 Å². The number of para-hydroxylation sites is 2. The van der Waals surface area contributed by atoms with E-state index in [1.54, 1.807) is 67.6 Å². The Labute approximate surface area is 183 Å². The topological polar surface area (TPSA) is 75.7 Å². The first-order valence-electron chi connectivity index (χ1n) is 9.92. The van der Waals surface area contributed by atoms with E-state index in [-0.39, 0.29) is 16.9 Å². The molecule has 3 aromatic carbocycles. The number of amides is 1. The largest absolute Gasteiger partial charge is 0.489 e. The zero-order chi connectivity index (χ0) is 22.6. The lowest BCUT2D eigenvalue weighted by atomic mass is 10.1. The smallest absolute Gasteiger partial charge is 0.264 e. The normalized spacial score (nSPS) is 11.3. The lowest BCUT2D eigenvalue weighted by molar-refractivity contribution is 0.102. The maximum absolute atomic E-state index is 12.9. The van der Waals surface area contributed by atoms with Gasteiger partial charge in [0.05, 0.1) is 22.4 Å². The molecule has 0 saturated heterocycles. The van der Waals surface area contributed by atoms with Gasteiger partial charge in [-0.25, -0.2) is 8.42 Å². The molecule has 1 N–H and O–H groups in total. The molecule has 0 radical (unpaired) electrons. The summed E-state index contributed by atoms with van der Waals surface area (Å²) in [4.78, 5) is 13.0. The van der Waals surface area contributed by atoms with Crippen molar-refractivity contribution in [3.63, 3.8) is 0 Å². The number of nitrogens with zero attached hydrogens (tertiary/aromatic N) is 1. The number of hydrogen-bond acceptors (Lipinski definition) is 4. The third kappa shape index (κ3) is 5.06. The van der Waals surface area contributed by atoms with Crippen LogP contribution in [0.1, 0.15) is 29.8 Å². The zero-order valence-electron chi connectivity index (χ0n) is 18.0. The van der Waals surface area contributed by atoms with Crippen LogP contribution in [0.25, 0.3) is 0 Å². The number of carbonyl (C=O) groups is 1. The summed E-state index contributed by atoms with van der Waals surface area (Å²) in [6.07, 6.45) is -0.0262. The Balaban J connectivity index is 1.84. The molecule has 6 nitrogen and oxygen atoms in total. The highest BCUT2D eigenvalue weighted by Crippen LogP contribution is 2.28. The minimum Gasteiger partial charge on any atom is -0.489 e. The SMILES string of the molecule is Cc1cc(C(=O)Nc2ccccc2OC(C)C)ccc1N(C)S(=O)(=O)c1ccccc1. The molecule has 0 aliphatic rings. The van der Waals surface area contributed by atoms with Crippen LogP contribution in [-0.4, -0.2) is 27.5 Å². The lowest BCUT2D eigenvalue weighted by Crippen LogP contribution is -2.27. The molecule has 162 valence electrons. The highest BCUT2D eigenvalue weighted by molar-refractivity contribution is 7.92. The molecular formula is C24H26N2O4S. The fourth-order valence-electron chi connectivity index (χ4n) is 3.15. The molecular weight excluding hydrogens is 412 g/mol. The zero-order valence-corrected chi connectivity index (χ0v) is 18.8. The lowest BCUT2D eigenvalue weighted by Gasteiger charge is -2.22. The minimum atomic E-state index is -3.70. The Morgan fingerprint density at radius 2 is 1.61 bits per heavy atom. The van der Waals surface area contributed by atoms with Gasteiger partial charge in [-0.15, -0.1) is 0 Å². The molecule has 31 heavy (non-hydrogen) atoms. The van der Waals surface area contributed by atoms with Crippen molar-refractivity contribution >= 4 is 27.3 Å². The van der Waals surface area contributed by atoms with Gasteiger partial charge in [0.2, 0.25) is 0 Å². The van der Waals surface area contributed by atoms with Crippen LogP contribution in [0.4, 0.5) is 11.4 Å². The number of ether oxygens (including phenoxy) is 1. The summed E-state index contributed by atoms with van der Waals surface area (Å²) in [5, 5.41) is 2.87. The van der Waals surface area contributed by atoms with Gasteiger partial charge in [-0.2, -0.15) is 0 Å². The average molecular weight is 439 g/mol. The third-order valence-electron chi connectivity index (χ3n) is 4.70. The molecule has 0 atom stereocenters. The average Bonchev–Trinajstić information content (AvgIpc) is 2.74. The van der Waals surface area contributed by atoms with Gasteiger partial charge in [0, 0.05) is 12.6 Å². The number of anilines is 2. The summed E-state index contributed by atoms with van der Waals surface area (Å²) in [6, 6.07) is 20.4. The van der Waals surface area contributed by atoms with Crippen LogP contribution in [0.2, 0.25) is 0 Å². The summed E-state index contributed by atoms with van der Waals surface area (Å²) in [6.45, 7) is 5.61. The second-order valence-corrected chi connectivity index (χ2v) is 9.37. The molecule has 1 amide bonds. The molecule has 3 rings (SSSR count). The van der Waals surface area contributed by atoms with E-state index in [4.69, 9.17) is 4.74 Å². The molecule has 0 aromatic heterocycles. The van der Waals surface area contributed by atoms with Crippen LogP contribution >= 0.6 is 0 Å². The van der Waals surface area contributed by atoms with Crippen molar-refractivity contribution in [1.82, 2.24) is 0 Å². The maximum atomic E-state index is 12.9. The standard InChI is InChI=1S/C24H26N2O4S/c1-17(2)30-23-13-9-8-12-21(23)25-24(27)19-14-15-22(18(3)16-19)26(4)31(28,29)20-10-6-5-7-11-20/h5-17H,1-4H3,(H,25,27). The molecule has 0 saturated carbocycles. The van der Waals surface area contributed by atoms with Crippen molar-refractivity contribution in [3.05, 3.63) is 83.9 Å². The Hall–Kier alpha value is -3.32. The van der Waals surface area contributed by atoms with Gasteiger partial charge in [-0.05, 0) is 68.8 Å². The van der Waals surface area contributed by atoms with Crippen molar-refractivity contribution in [2.24, 2.45) is 0 Å². The monoisotopic (exact) mass is 438 g/mol. The molecule has 0 fully saturated rings. The van der Waals surface area contributed by atoms with E-state index in [0.29, 0.717) is 28.3 Å². The van der Waals surface area contributed by atoms with E-state index >= 15 is 0 Å². The molecule has 0 bridgehead atoms. The van der Waals surface area contributed by atoms with Crippen LogP contribution < -0.4 is 14.4 Å². The second-order valence-electron chi connectivity index (χ2n) is 7.40. The van der Waals surface area contributed by atoms with E-state index in [0.717, 1.165) is 0 Å². The van der Waals surface area contributed by atoms with Gasteiger partial charge in [-0.3, -0.25) is 9.10 Å². The first-order valence-corrected chi connectivity index (χ1v) is 11.4. The Morgan fingerprint density at radius 3 is 2.26 bits per heavy atom. The van der Waals surface area contributed by atoms with Crippen LogP contribution in [0.5, 0.6) is 5.75 Å². The van der Waals surface area contributed by atoms with Crippen molar-refractivity contribution in [2.45, 2.75) is 31.8 Å². The van der Waals surface area contributed by atoms with Crippen LogP contribution in [-0.2, 0) is 10.0 Å². The van der Waals surface area contributed by atoms with Crippen LogP contribution in [0.15, 0.2) is 77.7 Å². The number of sulfonamides is 1. The van der Waals surface area contributed by atoms with Gasteiger partial charge in [0.15, 0.2) is 0 Å². The van der Waals surface area contributed by atoms with Crippen molar-refractivity contribution in [1.29, 1.82) is 0 Å². The fraction of sp³-hybridized carbons (Fsp3) is 0.208. The summed E-state index contributed by atoms with van der Waals surface area (Å²) >= 11 is 0. The molecule has 0 unspecified atom stereocenters. The molecule has 0 aliphatic heterocycles. The van der Waals surface area contributed by atoms with E-state index in [2.05, 4.69) is 5.32 Å². The van der Waals surface area contributed by atoms with Gasteiger partial charge in [0.25, 0.3) is 15.9 Å². The highest BCUT2D eigenvalue weighted by Gasteiger charge is 2.23. The van der Waals surface area contributed by atoms with Gasteiger partial charge < -0.3 is 10.1 Å². The molecule has 7 heteroatoms. The van der Waals surface area contributed by atoms with E-state index in [1.165, 1.54) is 11.4 Å². The number of benzene rings is 3. The van der Waals surface area contributed by atoms with Gasteiger partial charge in [-0.1, -0.05) is 30.3 Å². The first kappa shape index (κ1) is 22.4. The number of nitrogens with one attached hydrogen (secondary N) is 1. The van der Waals surface area contributed by atoms with Crippen LogP contribution in [0, 0.1) is 6.92 Å². The molecule has 3 aromatic rings. The van der Waals surface area contributed by atoms with Gasteiger partial charge in [0.1, 0.15) is 5.75 Å². The fourth-order valence-corrected chi connectivity index (χ4v) is 4.43. The summed E-state index contributed by atoms with van der Waals surface area (Å²) < 4.78 is 32.8. The van der Waals surface area contributed by atoms with Crippen molar-refractivity contribution < 1.29 is 17.9 Å². The summed E-state index contributed by atoms with van der Waals surface area (Å²) in [5.74, 6) is 0.288. The van der Waals surface area contributed by atoms with Crippen molar-refractivity contribution in [2.75, 3.05) is 16.7 Å². The van der Waals surface area contributed by atoms with Crippen molar-refractivity contribution in [3.8, 4) is 5.75 Å². The predicted octanol–water partition coefficient (Wildman–Crippen LogP) is 4.86. The highest BCUT2D eigenvalue weighted by atomic mass is 32.2. The second kappa shape index (κ2) is 9.22. The number of hydrogen-bond donors (Lipinski definition) is 1. The number of rotatable bonds is 7. The van der Waals surface area contributed by atoms with E-state index in [9.17, 15) is 13.2 Å². The Kier molecular flexibility index (Phi) is 6.65. The Bertz CT molecular complexity index is 1180. The summed E-state index contributed by atoms with van der Waals surface area (Å²) in [5.41, 5.74) is 2.17. The minimum absolute atomic E-state index is 0.0262. The number of carbonyl (C=O) groups excluding carboxylic acids is 1. The first-order chi connectivity index (χ1) is 14.7. The third-order valence-corrected chi connectivity index (χ3v) is 6.48. The molecule has 0 heterocycles.